The normalized spacial score (nSPS) is 30.3. The van der Waals surface area contributed by atoms with Crippen LogP contribution in [0.5, 0.6) is 0 Å². The van der Waals surface area contributed by atoms with E-state index in [1.54, 1.807) is 24.3 Å². The molecular formula is C29H34ClN3O5. The highest BCUT2D eigenvalue weighted by Gasteiger charge is 2.79. The van der Waals surface area contributed by atoms with E-state index in [0.29, 0.717) is 42.1 Å². The van der Waals surface area contributed by atoms with Crippen molar-refractivity contribution in [2.45, 2.75) is 69.7 Å². The van der Waals surface area contributed by atoms with Gasteiger partial charge in [-0.05, 0) is 56.4 Å². The van der Waals surface area contributed by atoms with Gasteiger partial charge in [0.15, 0.2) is 0 Å². The Morgan fingerprint density at radius 2 is 1.84 bits per heavy atom. The summed E-state index contributed by atoms with van der Waals surface area (Å²) in [5.41, 5.74) is -0.155. The Bertz CT molecular complexity index is 1230. The third-order valence-corrected chi connectivity index (χ3v) is 9.05. The highest BCUT2D eigenvalue weighted by molar-refractivity contribution is 6.34. The second-order valence-electron chi connectivity index (χ2n) is 10.6. The van der Waals surface area contributed by atoms with E-state index < -0.39 is 41.0 Å². The van der Waals surface area contributed by atoms with Crippen LogP contribution in [0.15, 0.2) is 48.5 Å². The first-order valence-electron chi connectivity index (χ1n) is 13.3. The van der Waals surface area contributed by atoms with Gasteiger partial charge in [-0.15, -0.1) is 0 Å². The summed E-state index contributed by atoms with van der Waals surface area (Å²) in [6.45, 7) is 5.35. The number of hydrogen-bond donors (Lipinski definition) is 3. The van der Waals surface area contributed by atoms with Gasteiger partial charge >= 0.3 is 0 Å². The first-order chi connectivity index (χ1) is 18.2. The zero-order valence-corrected chi connectivity index (χ0v) is 22.6. The molecule has 2 aromatic carbocycles. The number of benzene rings is 2. The fourth-order valence-corrected chi connectivity index (χ4v) is 7.15. The van der Waals surface area contributed by atoms with E-state index in [1.165, 1.54) is 4.90 Å². The number of nitrogens with zero attached hydrogens (tertiary/aromatic N) is 1. The Balaban J connectivity index is 1.57. The van der Waals surface area contributed by atoms with E-state index in [1.807, 2.05) is 45.0 Å². The molecule has 9 heteroatoms. The number of aliphatic hydroxyl groups is 1. The third-order valence-electron chi connectivity index (χ3n) is 8.74. The molecule has 2 unspecified atom stereocenters. The number of fused-ring (bicyclic) bond motifs is 1. The molecule has 6 atom stereocenters. The number of hydrogen-bond acceptors (Lipinski definition) is 5. The van der Waals surface area contributed by atoms with E-state index in [4.69, 9.17) is 16.3 Å². The summed E-state index contributed by atoms with van der Waals surface area (Å²) in [6, 6.07) is 12.8. The van der Waals surface area contributed by atoms with Gasteiger partial charge in [-0.2, -0.15) is 0 Å². The lowest BCUT2D eigenvalue weighted by Crippen LogP contribution is -2.56. The summed E-state index contributed by atoms with van der Waals surface area (Å²) in [6.07, 6.45) is 1.99. The predicted molar refractivity (Wildman–Crippen MR) is 145 cm³/mol. The monoisotopic (exact) mass is 539 g/mol. The fraction of sp³-hybridized carbons (Fsp3) is 0.483. The summed E-state index contributed by atoms with van der Waals surface area (Å²) in [5.74, 6) is -2.67. The van der Waals surface area contributed by atoms with Gasteiger partial charge in [0.1, 0.15) is 11.6 Å². The zero-order chi connectivity index (χ0) is 27.2. The van der Waals surface area contributed by atoms with Crippen molar-refractivity contribution < 1.29 is 24.2 Å². The average molecular weight is 540 g/mol. The molecule has 0 aliphatic carbocycles. The van der Waals surface area contributed by atoms with Crippen molar-refractivity contribution in [1.82, 2.24) is 4.90 Å². The first kappa shape index (κ1) is 26.7. The van der Waals surface area contributed by atoms with Crippen molar-refractivity contribution in [2.24, 2.45) is 11.8 Å². The van der Waals surface area contributed by atoms with Gasteiger partial charge in [-0.25, -0.2) is 0 Å². The number of amides is 3. The van der Waals surface area contributed by atoms with Gasteiger partial charge in [-0.1, -0.05) is 55.8 Å². The minimum atomic E-state index is -1.19. The number of aliphatic hydroxyl groups excluding tert-OH is 1. The molecule has 3 N–H and O–H groups in total. The summed E-state index contributed by atoms with van der Waals surface area (Å²) in [5, 5.41) is 16.5. The molecule has 0 saturated carbocycles. The van der Waals surface area contributed by atoms with Gasteiger partial charge in [-0.3, -0.25) is 14.4 Å². The van der Waals surface area contributed by atoms with Gasteiger partial charge in [0.05, 0.1) is 40.8 Å². The van der Waals surface area contributed by atoms with Crippen molar-refractivity contribution in [3.8, 4) is 0 Å². The molecule has 3 heterocycles. The fourth-order valence-electron chi connectivity index (χ4n) is 6.88. The SMILES string of the molecule is CC[C@@H](CO)N1C(=O)[C@@H]2[C@H](C(=O)Nc3ccccc3)[C@]3(CC)CCC2(O3)C1C(=O)Nc1c(C)cccc1Cl. The van der Waals surface area contributed by atoms with Crippen LogP contribution < -0.4 is 10.6 Å². The maximum Gasteiger partial charge on any atom is 0.250 e. The Kier molecular flexibility index (Phi) is 7.00. The lowest BCUT2D eigenvalue weighted by Gasteiger charge is -2.37. The zero-order valence-electron chi connectivity index (χ0n) is 21.9. The van der Waals surface area contributed by atoms with E-state index >= 15 is 0 Å². The van der Waals surface area contributed by atoms with Crippen LogP contribution in [-0.2, 0) is 19.1 Å². The van der Waals surface area contributed by atoms with Crippen molar-refractivity contribution in [1.29, 1.82) is 0 Å². The molecule has 3 fully saturated rings. The highest BCUT2D eigenvalue weighted by Crippen LogP contribution is 2.64. The van der Waals surface area contributed by atoms with Crippen LogP contribution in [0.2, 0.25) is 5.02 Å². The number of carbonyl (C=O) groups is 3. The quantitative estimate of drug-likeness (QED) is 0.467. The molecular weight excluding hydrogens is 506 g/mol. The van der Waals surface area contributed by atoms with Crippen molar-refractivity contribution in [3.05, 3.63) is 59.1 Å². The number of rotatable bonds is 8. The second kappa shape index (κ2) is 9.98. The number of para-hydroxylation sites is 2. The highest BCUT2D eigenvalue weighted by atomic mass is 35.5. The molecule has 2 aromatic rings. The van der Waals surface area contributed by atoms with Crippen LogP contribution in [0.25, 0.3) is 0 Å². The molecule has 3 amide bonds. The number of anilines is 2. The second-order valence-corrected chi connectivity index (χ2v) is 11.0. The minimum absolute atomic E-state index is 0.294. The summed E-state index contributed by atoms with van der Waals surface area (Å²) < 4.78 is 6.77. The number of likely N-dealkylation sites (tertiary alicyclic amines) is 1. The van der Waals surface area contributed by atoms with Gasteiger partial charge in [0, 0.05) is 5.69 Å². The topological polar surface area (TPSA) is 108 Å². The summed E-state index contributed by atoms with van der Waals surface area (Å²) in [7, 11) is 0. The Morgan fingerprint density at radius 1 is 1.11 bits per heavy atom. The van der Waals surface area contributed by atoms with E-state index in [9.17, 15) is 19.5 Å². The van der Waals surface area contributed by atoms with E-state index in [2.05, 4.69) is 10.6 Å². The summed E-state index contributed by atoms with van der Waals surface area (Å²) in [4.78, 5) is 43.5. The molecule has 38 heavy (non-hydrogen) atoms. The lowest BCUT2D eigenvalue weighted by atomic mass is 9.65. The Labute approximate surface area is 227 Å². The maximum atomic E-state index is 14.2. The van der Waals surface area contributed by atoms with Crippen LogP contribution in [0.4, 0.5) is 11.4 Å². The molecule has 1 spiro atoms. The Morgan fingerprint density at radius 3 is 2.47 bits per heavy atom. The first-order valence-corrected chi connectivity index (χ1v) is 13.7. The molecule has 3 saturated heterocycles. The van der Waals surface area contributed by atoms with Crippen molar-refractivity contribution in [3.63, 3.8) is 0 Å². The molecule has 0 radical (unpaired) electrons. The Hall–Kier alpha value is -2.94. The minimum Gasteiger partial charge on any atom is -0.394 e. The van der Waals surface area contributed by atoms with Gasteiger partial charge in [0.25, 0.3) is 0 Å². The number of ether oxygens (including phenoxy) is 1. The maximum absolute atomic E-state index is 14.2. The molecule has 2 bridgehead atoms. The van der Waals surface area contributed by atoms with Gasteiger partial charge < -0.3 is 25.4 Å². The molecule has 3 aliphatic heterocycles. The van der Waals surface area contributed by atoms with Crippen molar-refractivity contribution >= 4 is 40.7 Å². The number of aryl methyl sites for hydroxylation is 1. The van der Waals surface area contributed by atoms with Gasteiger partial charge in [0.2, 0.25) is 17.7 Å². The largest absolute Gasteiger partial charge is 0.394 e. The standard InChI is InChI=1S/C29H34ClN3O5/c1-4-19(16-34)33-24(26(36)32-23-17(3)10-9-13-20(23)30)29-15-14-28(5-2,38-29)21(22(29)27(33)37)25(35)31-18-11-7-6-8-12-18/h6-13,19,21-22,24,34H,4-5,14-16H2,1-3H3,(H,31,35)(H,32,36)/t19-,21+,22-,24?,28-,29?/m0/s1. The van der Waals surface area contributed by atoms with Crippen molar-refractivity contribution in [2.75, 3.05) is 17.2 Å². The number of nitrogens with one attached hydrogen (secondary N) is 2. The molecule has 202 valence electrons. The molecule has 5 rings (SSSR count). The number of halogens is 1. The molecule has 0 aromatic heterocycles. The third kappa shape index (κ3) is 3.92. The van der Waals surface area contributed by atoms with Crippen LogP contribution >= 0.6 is 11.6 Å². The summed E-state index contributed by atoms with van der Waals surface area (Å²) >= 11 is 6.42. The lowest BCUT2D eigenvalue weighted by molar-refractivity contribution is -0.148. The predicted octanol–water partition coefficient (Wildman–Crippen LogP) is 4.15. The van der Waals surface area contributed by atoms with E-state index in [-0.39, 0.29) is 18.4 Å². The van der Waals surface area contributed by atoms with Crippen LogP contribution in [0.3, 0.4) is 0 Å². The van der Waals surface area contributed by atoms with Crippen LogP contribution in [0.1, 0.15) is 45.1 Å². The average Bonchev–Trinajstić information content (AvgIpc) is 3.51. The molecule has 3 aliphatic rings. The number of carbonyl (C=O) groups excluding carboxylic acids is 3. The molecule has 8 nitrogen and oxygen atoms in total. The van der Waals surface area contributed by atoms with Crippen LogP contribution in [-0.4, -0.2) is 57.6 Å². The smallest absolute Gasteiger partial charge is 0.250 e. The van der Waals surface area contributed by atoms with Crippen LogP contribution in [0, 0.1) is 18.8 Å². The van der Waals surface area contributed by atoms with E-state index in [0.717, 1.165) is 5.56 Å².